The number of hydrogen-bond donors (Lipinski definition) is 1. The van der Waals surface area contributed by atoms with Crippen LogP contribution in [-0.2, 0) is 0 Å². The number of nitrogens with two attached hydrogens (primary N) is 1. The van der Waals surface area contributed by atoms with E-state index in [4.69, 9.17) is 17.3 Å². The summed E-state index contributed by atoms with van der Waals surface area (Å²) in [5.74, 6) is 0. The molecule has 0 amide bonds. The van der Waals surface area contributed by atoms with E-state index in [0.29, 0.717) is 0 Å². The third-order valence-corrected chi connectivity index (χ3v) is 2.45. The lowest BCUT2D eigenvalue weighted by atomic mass is 10.3. The average molecular weight is 222 g/mol. The van der Waals surface area contributed by atoms with Gasteiger partial charge in [-0.3, -0.25) is 0 Å². The third kappa shape index (κ3) is 2.19. The third-order valence-electron chi connectivity index (χ3n) is 2.19. The van der Waals surface area contributed by atoms with Crippen LogP contribution in [0.15, 0.2) is 36.8 Å². The number of halogens is 1. The summed E-state index contributed by atoms with van der Waals surface area (Å²) < 4.78 is 1.93. The maximum absolute atomic E-state index is 5.81. The first-order valence-corrected chi connectivity index (χ1v) is 5.10. The van der Waals surface area contributed by atoms with E-state index in [-0.39, 0.29) is 6.04 Å². The van der Waals surface area contributed by atoms with E-state index in [1.165, 1.54) is 0 Å². The highest BCUT2D eigenvalue weighted by atomic mass is 35.5. The summed E-state index contributed by atoms with van der Waals surface area (Å²) in [6, 6.07) is 7.54. The Labute approximate surface area is 93.5 Å². The van der Waals surface area contributed by atoms with Gasteiger partial charge in [0.15, 0.2) is 0 Å². The van der Waals surface area contributed by atoms with Gasteiger partial charge in [-0.05, 0) is 31.2 Å². The molecule has 1 aromatic heterocycles. The van der Waals surface area contributed by atoms with Gasteiger partial charge in [0.2, 0.25) is 0 Å². The van der Waals surface area contributed by atoms with Crippen LogP contribution in [0.25, 0.3) is 5.69 Å². The van der Waals surface area contributed by atoms with Gasteiger partial charge in [0.1, 0.15) is 0 Å². The van der Waals surface area contributed by atoms with Crippen molar-refractivity contribution in [3.63, 3.8) is 0 Å². The predicted octanol–water partition coefficient (Wildman–Crippen LogP) is 2.55. The SMILES string of the molecule is C[C@H](N)c1cn(-c2ccc(Cl)cc2)cn1. The summed E-state index contributed by atoms with van der Waals surface area (Å²) in [5, 5.41) is 0.728. The van der Waals surface area contributed by atoms with Crippen LogP contribution >= 0.6 is 11.6 Å². The molecule has 0 bridgehead atoms. The Morgan fingerprint density at radius 2 is 2.00 bits per heavy atom. The molecule has 1 aromatic carbocycles. The topological polar surface area (TPSA) is 43.8 Å². The Kier molecular flexibility index (Phi) is 2.75. The minimum atomic E-state index is -0.0430. The van der Waals surface area contributed by atoms with E-state index in [9.17, 15) is 0 Å². The van der Waals surface area contributed by atoms with E-state index >= 15 is 0 Å². The van der Waals surface area contributed by atoms with E-state index in [1.807, 2.05) is 42.0 Å². The number of aromatic nitrogens is 2. The summed E-state index contributed by atoms with van der Waals surface area (Å²) in [5.41, 5.74) is 7.64. The Balaban J connectivity index is 2.33. The molecule has 0 unspecified atom stereocenters. The van der Waals surface area contributed by atoms with Crippen molar-refractivity contribution in [1.29, 1.82) is 0 Å². The highest BCUT2D eigenvalue weighted by Gasteiger charge is 2.04. The summed E-state index contributed by atoms with van der Waals surface area (Å²) in [6.07, 6.45) is 3.68. The molecule has 1 heterocycles. The molecule has 0 saturated heterocycles. The zero-order valence-electron chi connectivity index (χ0n) is 8.39. The fourth-order valence-electron chi connectivity index (χ4n) is 1.33. The highest BCUT2D eigenvalue weighted by Crippen LogP contribution is 2.15. The Bertz CT molecular complexity index is 445. The second kappa shape index (κ2) is 4.04. The lowest BCUT2D eigenvalue weighted by molar-refractivity contribution is 0.788. The maximum Gasteiger partial charge on any atom is 0.0995 e. The number of hydrogen-bond acceptors (Lipinski definition) is 2. The number of rotatable bonds is 2. The molecule has 2 rings (SSSR count). The van der Waals surface area contributed by atoms with Gasteiger partial charge in [-0.25, -0.2) is 4.98 Å². The first-order valence-electron chi connectivity index (χ1n) is 4.72. The van der Waals surface area contributed by atoms with Gasteiger partial charge in [0.05, 0.1) is 12.0 Å². The number of imidazole rings is 1. The standard InChI is InChI=1S/C11H12ClN3/c1-8(13)11-6-15(7-14-11)10-4-2-9(12)3-5-10/h2-8H,13H2,1H3/t8-/m0/s1. The molecule has 0 saturated carbocycles. The van der Waals surface area contributed by atoms with Crippen molar-refractivity contribution in [1.82, 2.24) is 9.55 Å². The van der Waals surface area contributed by atoms with Crippen LogP contribution in [0.4, 0.5) is 0 Å². The van der Waals surface area contributed by atoms with Gasteiger partial charge >= 0.3 is 0 Å². The average Bonchev–Trinajstić information content (AvgIpc) is 2.68. The van der Waals surface area contributed by atoms with Crippen molar-refractivity contribution in [3.8, 4) is 5.69 Å². The lowest BCUT2D eigenvalue weighted by Gasteiger charge is -2.01. The molecule has 78 valence electrons. The summed E-state index contributed by atoms with van der Waals surface area (Å²) in [7, 11) is 0. The molecular formula is C11H12ClN3. The molecule has 3 nitrogen and oxygen atoms in total. The van der Waals surface area contributed by atoms with Crippen LogP contribution in [0.3, 0.4) is 0 Å². The summed E-state index contributed by atoms with van der Waals surface area (Å²) >= 11 is 5.81. The number of nitrogens with zero attached hydrogens (tertiary/aromatic N) is 2. The highest BCUT2D eigenvalue weighted by molar-refractivity contribution is 6.30. The predicted molar refractivity (Wildman–Crippen MR) is 61.2 cm³/mol. The molecule has 0 aliphatic rings. The van der Waals surface area contributed by atoms with E-state index < -0.39 is 0 Å². The van der Waals surface area contributed by atoms with Crippen LogP contribution in [0, 0.1) is 0 Å². The molecule has 0 fully saturated rings. The smallest absolute Gasteiger partial charge is 0.0995 e. The quantitative estimate of drug-likeness (QED) is 0.847. The molecule has 0 aliphatic heterocycles. The maximum atomic E-state index is 5.81. The molecule has 1 atom stereocenters. The van der Waals surface area contributed by atoms with E-state index in [2.05, 4.69) is 4.98 Å². The molecule has 0 radical (unpaired) electrons. The van der Waals surface area contributed by atoms with Gasteiger partial charge < -0.3 is 10.3 Å². The van der Waals surface area contributed by atoms with Crippen LogP contribution in [0.1, 0.15) is 18.7 Å². The largest absolute Gasteiger partial charge is 0.323 e. The Hall–Kier alpha value is -1.32. The molecule has 2 aromatic rings. The summed E-state index contributed by atoms with van der Waals surface area (Å²) in [4.78, 5) is 4.22. The zero-order chi connectivity index (χ0) is 10.8. The fourth-order valence-corrected chi connectivity index (χ4v) is 1.45. The molecule has 15 heavy (non-hydrogen) atoms. The second-order valence-electron chi connectivity index (χ2n) is 3.47. The minimum Gasteiger partial charge on any atom is -0.323 e. The van der Waals surface area contributed by atoms with Crippen molar-refractivity contribution in [2.75, 3.05) is 0 Å². The molecule has 2 N–H and O–H groups in total. The summed E-state index contributed by atoms with van der Waals surface area (Å²) in [6.45, 7) is 1.91. The first-order chi connectivity index (χ1) is 7.16. The van der Waals surface area contributed by atoms with Crippen LogP contribution in [0.2, 0.25) is 5.02 Å². The van der Waals surface area contributed by atoms with Gasteiger partial charge in [-0.1, -0.05) is 11.6 Å². The van der Waals surface area contributed by atoms with Crippen molar-refractivity contribution >= 4 is 11.6 Å². The van der Waals surface area contributed by atoms with Crippen molar-refractivity contribution in [3.05, 3.63) is 47.5 Å². The second-order valence-corrected chi connectivity index (χ2v) is 3.91. The fraction of sp³-hybridized carbons (Fsp3) is 0.182. The van der Waals surface area contributed by atoms with Gasteiger partial charge in [0, 0.05) is 22.9 Å². The number of benzene rings is 1. The minimum absolute atomic E-state index is 0.0430. The van der Waals surface area contributed by atoms with Crippen molar-refractivity contribution < 1.29 is 0 Å². The van der Waals surface area contributed by atoms with E-state index in [1.54, 1.807) is 6.33 Å². The molecular weight excluding hydrogens is 210 g/mol. The van der Waals surface area contributed by atoms with Gasteiger partial charge in [-0.15, -0.1) is 0 Å². The van der Waals surface area contributed by atoms with Gasteiger partial charge in [-0.2, -0.15) is 0 Å². The van der Waals surface area contributed by atoms with E-state index in [0.717, 1.165) is 16.4 Å². The molecule has 0 aliphatic carbocycles. The molecule has 0 spiro atoms. The van der Waals surface area contributed by atoms with Crippen LogP contribution in [-0.4, -0.2) is 9.55 Å². The van der Waals surface area contributed by atoms with Crippen molar-refractivity contribution in [2.45, 2.75) is 13.0 Å². The van der Waals surface area contributed by atoms with Crippen LogP contribution < -0.4 is 5.73 Å². The monoisotopic (exact) mass is 221 g/mol. The Morgan fingerprint density at radius 1 is 1.33 bits per heavy atom. The normalized spacial score (nSPS) is 12.7. The van der Waals surface area contributed by atoms with Crippen molar-refractivity contribution in [2.24, 2.45) is 5.73 Å². The molecule has 4 heteroatoms. The van der Waals surface area contributed by atoms with Crippen LogP contribution in [0.5, 0.6) is 0 Å². The lowest BCUT2D eigenvalue weighted by Crippen LogP contribution is -2.04. The Morgan fingerprint density at radius 3 is 2.53 bits per heavy atom. The van der Waals surface area contributed by atoms with Gasteiger partial charge in [0.25, 0.3) is 0 Å². The first kappa shape index (κ1) is 10.2. The zero-order valence-corrected chi connectivity index (χ0v) is 9.15.